The number of carbonyl (C=O) groups excluding carboxylic acids is 3. The molecule has 2 aliphatic rings. The van der Waals surface area contributed by atoms with E-state index in [1.165, 1.54) is 13.8 Å². The average molecular weight is 305 g/mol. The van der Waals surface area contributed by atoms with Crippen molar-refractivity contribution in [2.24, 2.45) is 0 Å². The Hall–Kier alpha value is -1.64. The van der Waals surface area contributed by atoms with Crippen LogP contribution < -0.4 is 0 Å². The third-order valence-corrected chi connectivity index (χ3v) is 6.46. The fraction of sp³-hybridized carbons (Fsp3) is 0.727. The van der Waals surface area contributed by atoms with Crippen molar-refractivity contribution in [3.8, 4) is 0 Å². The van der Waals surface area contributed by atoms with Gasteiger partial charge in [-0.3, -0.25) is 9.59 Å². The van der Waals surface area contributed by atoms with Gasteiger partial charge < -0.3 is 14.4 Å². The maximum atomic E-state index is 12.2. The Bertz CT molecular complexity index is 580. The summed E-state index contributed by atoms with van der Waals surface area (Å²) in [5.74, 6) is -1.93. The molecule has 2 atom stereocenters. The summed E-state index contributed by atoms with van der Waals surface area (Å²) in [7, 11) is -3.64. The van der Waals surface area contributed by atoms with Crippen molar-refractivity contribution in [1.82, 2.24) is 4.90 Å². The van der Waals surface area contributed by atoms with Crippen molar-refractivity contribution in [3.05, 3.63) is 0 Å². The summed E-state index contributed by atoms with van der Waals surface area (Å²) in [6.45, 7) is 3.30. The van der Waals surface area contributed by atoms with E-state index >= 15 is 0 Å². The van der Waals surface area contributed by atoms with E-state index in [1.807, 2.05) is 0 Å². The Morgan fingerprint density at radius 2 is 1.95 bits per heavy atom. The Morgan fingerprint density at radius 1 is 1.35 bits per heavy atom. The molecule has 0 N–H and O–H groups in total. The SMILES string of the molecule is CC(=O)OCOC(=O)[C@@H]1N2C(=O)C[C@H]2S(=O)(=O)C1(C)C. The molecule has 0 spiro atoms. The van der Waals surface area contributed by atoms with Crippen molar-refractivity contribution < 1.29 is 32.3 Å². The Balaban J connectivity index is 2.19. The van der Waals surface area contributed by atoms with Crippen molar-refractivity contribution in [3.63, 3.8) is 0 Å². The predicted octanol–water partition coefficient (Wildman–Crippen LogP) is -0.816. The first kappa shape index (κ1) is 14.8. The molecule has 0 aliphatic carbocycles. The zero-order valence-corrected chi connectivity index (χ0v) is 12.1. The van der Waals surface area contributed by atoms with Gasteiger partial charge in [-0.15, -0.1) is 0 Å². The molecule has 0 aromatic rings. The van der Waals surface area contributed by atoms with Crippen LogP contribution in [0, 0.1) is 0 Å². The molecule has 20 heavy (non-hydrogen) atoms. The minimum Gasteiger partial charge on any atom is -0.428 e. The fourth-order valence-electron chi connectivity index (χ4n) is 2.46. The largest absolute Gasteiger partial charge is 0.428 e. The molecule has 2 rings (SSSR count). The first-order valence-corrected chi connectivity index (χ1v) is 7.50. The lowest BCUT2D eigenvalue weighted by atomic mass is 9.98. The molecule has 0 unspecified atom stereocenters. The Labute approximate surface area is 115 Å². The zero-order valence-electron chi connectivity index (χ0n) is 11.3. The molecule has 2 fully saturated rings. The molecule has 2 saturated heterocycles. The first-order valence-electron chi connectivity index (χ1n) is 5.95. The molecule has 0 aromatic carbocycles. The standard InChI is InChI=1S/C11H15NO7S/c1-6(13)18-5-19-10(15)9-11(2,3)20(16,17)8-4-7(14)12(8)9/h8-9H,4-5H2,1-3H3/t8-,9+/m1/s1. The lowest BCUT2D eigenvalue weighted by Gasteiger charge is -2.36. The number of esters is 2. The van der Waals surface area contributed by atoms with Gasteiger partial charge in [0.1, 0.15) is 11.4 Å². The topological polar surface area (TPSA) is 107 Å². The maximum absolute atomic E-state index is 12.2. The third-order valence-electron chi connectivity index (χ3n) is 3.66. The van der Waals surface area contributed by atoms with Gasteiger partial charge >= 0.3 is 11.9 Å². The number of amides is 1. The van der Waals surface area contributed by atoms with Gasteiger partial charge in [0, 0.05) is 6.92 Å². The molecule has 2 heterocycles. The van der Waals surface area contributed by atoms with E-state index < -0.39 is 50.6 Å². The number of hydrogen-bond donors (Lipinski definition) is 0. The third kappa shape index (κ3) is 1.88. The molecule has 8 nitrogen and oxygen atoms in total. The van der Waals surface area contributed by atoms with Crippen LogP contribution in [0.25, 0.3) is 0 Å². The number of hydrogen-bond acceptors (Lipinski definition) is 7. The van der Waals surface area contributed by atoms with Crippen LogP contribution >= 0.6 is 0 Å². The summed E-state index contributed by atoms with van der Waals surface area (Å²) in [5, 5.41) is -0.962. The summed E-state index contributed by atoms with van der Waals surface area (Å²) >= 11 is 0. The number of sulfone groups is 1. The molecular weight excluding hydrogens is 290 g/mol. The minimum atomic E-state index is -3.64. The zero-order chi connectivity index (χ0) is 15.3. The Kier molecular flexibility index (Phi) is 3.28. The van der Waals surface area contributed by atoms with Crippen LogP contribution in [-0.4, -0.2) is 54.1 Å². The van der Waals surface area contributed by atoms with E-state index in [2.05, 4.69) is 4.74 Å². The normalized spacial score (nSPS) is 29.4. The highest BCUT2D eigenvalue weighted by atomic mass is 32.2. The van der Waals surface area contributed by atoms with Gasteiger partial charge in [0.2, 0.25) is 12.7 Å². The second kappa shape index (κ2) is 4.44. The molecule has 0 aromatic heterocycles. The minimum absolute atomic E-state index is 0.112. The van der Waals surface area contributed by atoms with Crippen molar-refractivity contribution in [2.75, 3.05) is 6.79 Å². The summed E-state index contributed by atoms with van der Waals surface area (Å²) in [6, 6.07) is -1.21. The number of carbonyl (C=O) groups is 3. The molecule has 0 radical (unpaired) electrons. The predicted molar refractivity (Wildman–Crippen MR) is 64.8 cm³/mol. The van der Waals surface area contributed by atoms with Crippen molar-refractivity contribution in [2.45, 2.75) is 43.4 Å². The molecule has 2 aliphatic heterocycles. The maximum Gasteiger partial charge on any atom is 0.333 e. The van der Waals surface area contributed by atoms with Gasteiger partial charge in [-0.25, -0.2) is 13.2 Å². The van der Waals surface area contributed by atoms with E-state index in [-0.39, 0.29) is 6.42 Å². The van der Waals surface area contributed by atoms with Crippen LogP contribution in [0.1, 0.15) is 27.2 Å². The second-order valence-electron chi connectivity index (χ2n) is 5.23. The van der Waals surface area contributed by atoms with Crippen molar-refractivity contribution >= 4 is 27.7 Å². The quantitative estimate of drug-likeness (QED) is 0.381. The van der Waals surface area contributed by atoms with Gasteiger partial charge in [-0.2, -0.15) is 0 Å². The molecule has 9 heteroatoms. The van der Waals surface area contributed by atoms with E-state index in [1.54, 1.807) is 0 Å². The monoisotopic (exact) mass is 305 g/mol. The molecule has 0 bridgehead atoms. The van der Waals surface area contributed by atoms with E-state index in [0.29, 0.717) is 0 Å². The van der Waals surface area contributed by atoms with Gasteiger partial charge in [0.15, 0.2) is 9.84 Å². The summed E-state index contributed by atoms with van der Waals surface area (Å²) in [5.41, 5.74) is 0. The number of nitrogens with zero attached hydrogens (tertiary/aromatic N) is 1. The molecular formula is C11H15NO7S. The van der Waals surface area contributed by atoms with Crippen molar-refractivity contribution in [1.29, 1.82) is 0 Å². The highest BCUT2D eigenvalue weighted by Gasteiger charge is 2.68. The van der Waals surface area contributed by atoms with E-state index in [4.69, 9.17) is 4.74 Å². The number of ether oxygens (including phenoxy) is 2. The van der Waals surface area contributed by atoms with Crippen LogP contribution in [0.4, 0.5) is 0 Å². The van der Waals surface area contributed by atoms with Gasteiger partial charge in [-0.05, 0) is 13.8 Å². The van der Waals surface area contributed by atoms with Gasteiger partial charge in [-0.1, -0.05) is 0 Å². The van der Waals surface area contributed by atoms with E-state index in [0.717, 1.165) is 11.8 Å². The summed E-state index contributed by atoms with van der Waals surface area (Å²) in [4.78, 5) is 35.2. The smallest absolute Gasteiger partial charge is 0.333 e. The molecule has 1 amide bonds. The van der Waals surface area contributed by atoms with Crippen LogP contribution in [0.5, 0.6) is 0 Å². The van der Waals surface area contributed by atoms with Crippen LogP contribution in [0.3, 0.4) is 0 Å². The molecule has 112 valence electrons. The highest BCUT2D eigenvalue weighted by molar-refractivity contribution is 7.93. The lowest BCUT2D eigenvalue weighted by molar-refractivity contribution is -0.174. The number of β-lactam (4-membered cyclic amide) rings is 1. The Morgan fingerprint density at radius 3 is 2.45 bits per heavy atom. The summed E-state index contributed by atoms with van der Waals surface area (Å²) < 4.78 is 32.2. The molecule has 0 saturated carbocycles. The lowest BCUT2D eigenvalue weighted by Crippen LogP contribution is -2.57. The van der Waals surface area contributed by atoms with Gasteiger partial charge in [0.25, 0.3) is 0 Å². The van der Waals surface area contributed by atoms with Crippen LogP contribution in [0.2, 0.25) is 0 Å². The highest BCUT2D eigenvalue weighted by Crippen LogP contribution is 2.45. The first-order chi connectivity index (χ1) is 9.10. The van der Waals surface area contributed by atoms with E-state index in [9.17, 15) is 22.8 Å². The average Bonchev–Trinajstić information content (AvgIpc) is 2.42. The number of rotatable bonds is 3. The van der Waals surface area contributed by atoms with Crippen LogP contribution in [-0.2, 0) is 33.7 Å². The summed E-state index contributed by atoms with van der Waals surface area (Å²) in [6.07, 6.45) is -0.112. The second-order valence-corrected chi connectivity index (χ2v) is 7.91. The number of fused-ring (bicyclic) bond motifs is 1. The van der Waals surface area contributed by atoms with Gasteiger partial charge in [0.05, 0.1) is 11.2 Å². The van der Waals surface area contributed by atoms with Crippen LogP contribution in [0.15, 0.2) is 0 Å². The fourth-order valence-corrected chi connectivity index (χ4v) is 4.58.